The highest BCUT2D eigenvalue weighted by atomic mass is 16.4. The molecule has 1 aromatic rings. The number of nitrogens with one attached hydrogen (secondary N) is 1. The maximum atomic E-state index is 12.0. The number of carbonyl (C=O) groups excluding carboxylic acids is 1. The smallest absolute Gasteiger partial charge is 0.311 e. The highest BCUT2D eigenvalue weighted by Gasteiger charge is 2.50. The van der Waals surface area contributed by atoms with Gasteiger partial charge in [0.25, 0.3) is 0 Å². The second kappa shape index (κ2) is 6.07. The summed E-state index contributed by atoms with van der Waals surface area (Å²) in [5, 5.41) is 11.9. The molecule has 0 aromatic heterocycles. The van der Waals surface area contributed by atoms with E-state index in [1.165, 1.54) is 0 Å². The van der Waals surface area contributed by atoms with E-state index in [0.717, 1.165) is 12.0 Å². The number of rotatable bonds is 7. The summed E-state index contributed by atoms with van der Waals surface area (Å²) in [6.45, 7) is 2.32. The summed E-state index contributed by atoms with van der Waals surface area (Å²) in [7, 11) is 0. The normalized spacial score (nSPS) is 17.2. The van der Waals surface area contributed by atoms with Crippen LogP contribution < -0.4 is 5.32 Å². The first-order chi connectivity index (χ1) is 9.57. The van der Waals surface area contributed by atoms with Crippen molar-refractivity contribution >= 4 is 11.9 Å². The third-order valence-corrected chi connectivity index (χ3v) is 4.13. The average molecular weight is 275 g/mol. The van der Waals surface area contributed by atoms with Crippen LogP contribution in [0.25, 0.3) is 0 Å². The molecule has 2 rings (SSSR count). The Labute approximate surface area is 119 Å². The summed E-state index contributed by atoms with van der Waals surface area (Å²) in [6.07, 6.45) is 2.63. The first kappa shape index (κ1) is 14.6. The van der Waals surface area contributed by atoms with Crippen molar-refractivity contribution in [3.63, 3.8) is 0 Å². The summed E-state index contributed by atoms with van der Waals surface area (Å²) in [6, 6.07) is 9.96. The minimum absolute atomic E-state index is 0.0618. The Morgan fingerprint density at radius 2 is 1.95 bits per heavy atom. The lowest BCUT2D eigenvalue weighted by Crippen LogP contribution is -2.34. The van der Waals surface area contributed by atoms with Crippen molar-refractivity contribution in [3.05, 3.63) is 35.9 Å². The molecule has 1 saturated carbocycles. The number of carboxylic acids is 1. The summed E-state index contributed by atoms with van der Waals surface area (Å²) >= 11 is 0. The third-order valence-electron chi connectivity index (χ3n) is 4.13. The molecule has 108 valence electrons. The largest absolute Gasteiger partial charge is 0.481 e. The van der Waals surface area contributed by atoms with Crippen molar-refractivity contribution in [3.8, 4) is 0 Å². The van der Waals surface area contributed by atoms with E-state index < -0.39 is 11.4 Å². The van der Waals surface area contributed by atoms with E-state index in [1.54, 1.807) is 0 Å². The SMILES string of the molecule is CCC(CC(=O)NCC1(C(=O)O)CC1)c1ccccc1. The molecule has 1 aliphatic rings. The van der Waals surface area contributed by atoms with E-state index in [9.17, 15) is 9.59 Å². The van der Waals surface area contributed by atoms with Crippen molar-refractivity contribution in [1.29, 1.82) is 0 Å². The molecular weight excluding hydrogens is 254 g/mol. The third kappa shape index (κ3) is 3.38. The zero-order chi connectivity index (χ0) is 14.6. The topological polar surface area (TPSA) is 66.4 Å². The van der Waals surface area contributed by atoms with E-state index in [-0.39, 0.29) is 18.4 Å². The fourth-order valence-corrected chi connectivity index (χ4v) is 2.40. The molecule has 0 spiro atoms. The van der Waals surface area contributed by atoms with Crippen molar-refractivity contribution < 1.29 is 14.7 Å². The molecular formula is C16H21NO3. The Morgan fingerprint density at radius 3 is 2.45 bits per heavy atom. The predicted molar refractivity (Wildman–Crippen MR) is 76.4 cm³/mol. The summed E-state index contributed by atoms with van der Waals surface area (Å²) in [4.78, 5) is 23.0. The molecule has 4 nitrogen and oxygen atoms in total. The van der Waals surface area contributed by atoms with Gasteiger partial charge in [-0.15, -0.1) is 0 Å². The lowest BCUT2D eigenvalue weighted by Gasteiger charge is -2.16. The van der Waals surface area contributed by atoms with Gasteiger partial charge in [-0.1, -0.05) is 37.3 Å². The molecule has 4 heteroatoms. The Hall–Kier alpha value is -1.84. The van der Waals surface area contributed by atoms with Crippen molar-refractivity contribution in [2.24, 2.45) is 5.41 Å². The molecule has 1 aromatic carbocycles. The van der Waals surface area contributed by atoms with Crippen LogP contribution in [0.3, 0.4) is 0 Å². The van der Waals surface area contributed by atoms with E-state index in [1.807, 2.05) is 30.3 Å². The molecule has 0 heterocycles. The van der Waals surface area contributed by atoms with Crippen LogP contribution in [0.4, 0.5) is 0 Å². The van der Waals surface area contributed by atoms with Crippen LogP contribution in [0.1, 0.15) is 44.1 Å². The van der Waals surface area contributed by atoms with Gasteiger partial charge in [0.05, 0.1) is 5.41 Å². The quantitative estimate of drug-likeness (QED) is 0.803. The average Bonchev–Trinajstić information content (AvgIpc) is 3.25. The van der Waals surface area contributed by atoms with Gasteiger partial charge in [0.1, 0.15) is 0 Å². The van der Waals surface area contributed by atoms with Gasteiger partial charge < -0.3 is 10.4 Å². The lowest BCUT2D eigenvalue weighted by molar-refractivity contribution is -0.143. The minimum Gasteiger partial charge on any atom is -0.481 e. The minimum atomic E-state index is -0.798. The van der Waals surface area contributed by atoms with E-state index in [2.05, 4.69) is 12.2 Å². The second-order valence-electron chi connectivity index (χ2n) is 5.58. The zero-order valence-corrected chi connectivity index (χ0v) is 11.8. The van der Waals surface area contributed by atoms with Crippen LogP contribution in [0.5, 0.6) is 0 Å². The van der Waals surface area contributed by atoms with E-state index in [0.29, 0.717) is 19.3 Å². The first-order valence-electron chi connectivity index (χ1n) is 7.12. The van der Waals surface area contributed by atoms with Gasteiger partial charge >= 0.3 is 5.97 Å². The molecule has 1 unspecified atom stereocenters. The number of benzene rings is 1. The standard InChI is InChI=1S/C16H21NO3/c1-2-12(13-6-4-3-5-7-13)10-14(18)17-11-16(8-9-16)15(19)20/h3-7,12H,2,8-11H2,1H3,(H,17,18)(H,19,20). The predicted octanol–water partition coefficient (Wildman–Crippen LogP) is 2.55. The lowest BCUT2D eigenvalue weighted by atomic mass is 9.93. The van der Waals surface area contributed by atoms with Gasteiger partial charge in [0.15, 0.2) is 0 Å². The molecule has 1 amide bonds. The fraction of sp³-hybridized carbons (Fsp3) is 0.500. The van der Waals surface area contributed by atoms with Crippen LogP contribution in [0.15, 0.2) is 30.3 Å². The fourth-order valence-electron chi connectivity index (χ4n) is 2.40. The van der Waals surface area contributed by atoms with Gasteiger partial charge in [0.2, 0.25) is 5.91 Å². The molecule has 2 N–H and O–H groups in total. The first-order valence-corrected chi connectivity index (χ1v) is 7.12. The summed E-state index contributed by atoms with van der Waals surface area (Å²) in [5.41, 5.74) is 0.467. The molecule has 0 radical (unpaired) electrons. The van der Waals surface area contributed by atoms with Crippen LogP contribution in [-0.2, 0) is 9.59 Å². The van der Waals surface area contributed by atoms with Gasteiger partial charge in [-0.2, -0.15) is 0 Å². The van der Waals surface area contributed by atoms with Gasteiger partial charge in [-0.3, -0.25) is 9.59 Å². The maximum absolute atomic E-state index is 12.0. The zero-order valence-electron chi connectivity index (χ0n) is 11.8. The number of carboxylic acid groups (broad SMARTS) is 1. The molecule has 1 aliphatic carbocycles. The van der Waals surface area contributed by atoms with E-state index in [4.69, 9.17) is 5.11 Å². The number of amides is 1. The molecule has 0 bridgehead atoms. The van der Waals surface area contributed by atoms with Crippen molar-refractivity contribution in [1.82, 2.24) is 5.32 Å². The monoisotopic (exact) mass is 275 g/mol. The summed E-state index contributed by atoms with van der Waals surface area (Å²) in [5.74, 6) is -0.669. The number of hydrogen-bond acceptors (Lipinski definition) is 2. The Morgan fingerprint density at radius 1 is 1.30 bits per heavy atom. The molecule has 20 heavy (non-hydrogen) atoms. The number of aliphatic carboxylic acids is 1. The molecule has 0 aliphatic heterocycles. The highest BCUT2D eigenvalue weighted by molar-refractivity contribution is 5.81. The van der Waals surface area contributed by atoms with Crippen LogP contribution in [0, 0.1) is 5.41 Å². The van der Waals surface area contributed by atoms with Crippen molar-refractivity contribution in [2.75, 3.05) is 6.54 Å². The summed E-state index contributed by atoms with van der Waals surface area (Å²) < 4.78 is 0. The van der Waals surface area contributed by atoms with Gasteiger partial charge in [-0.05, 0) is 30.7 Å². The number of hydrogen-bond donors (Lipinski definition) is 2. The second-order valence-corrected chi connectivity index (χ2v) is 5.58. The maximum Gasteiger partial charge on any atom is 0.311 e. The van der Waals surface area contributed by atoms with Gasteiger partial charge in [-0.25, -0.2) is 0 Å². The molecule has 0 saturated heterocycles. The highest BCUT2D eigenvalue weighted by Crippen LogP contribution is 2.45. The molecule has 1 fully saturated rings. The van der Waals surface area contributed by atoms with Crippen LogP contribution >= 0.6 is 0 Å². The Kier molecular flexibility index (Phi) is 4.42. The van der Waals surface area contributed by atoms with E-state index >= 15 is 0 Å². The van der Waals surface area contributed by atoms with Crippen LogP contribution in [0.2, 0.25) is 0 Å². The van der Waals surface area contributed by atoms with Crippen LogP contribution in [-0.4, -0.2) is 23.5 Å². The number of carbonyl (C=O) groups is 2. The molecule has 1 atom stereocenters. The van der Waals surface area contributed by atoms with Gasteiger partial charge in [0, 0.05) is 13.0 Å². The Balaban J connectivity index is 1.86. The van der Waals surface area contributed by atoms with Crippen molar-refractivity contribution in [2.45, 2.75) is 38.5 Å². The Bertz CT molecular complexity index is 480.